The second kappa shape index (κ2) is 7.11. The van der Waals surface area contributed by atoms with E-state index in [0.717, 1.165) is 31.1 Å². The molecule has 2 amide bonds. The van der Waals surface area contributed by atoms with E-state index in [9.17, 15) is 9.59 Å². The molecule has 1 aromatic rings. The van der Waals surface area contributed by atoms with Crippen LogP contribution in [0, 0.1) is 0 Å². The Hall–Kier alpha value is -1.24. The van der Waals surface area contributed by atoms with Gasteiger partial charge in [-0.3, -0.25) is 9.59 Å². The third kappa shape index (κ3) is 4.19. The van der Waals surface area contributed by atoms with Crippen LogP contribution in [0.3, 0.4) is 0 Å². The van der Waals surface area contributed by atoms with Crippen LogP contribution in [0.2, 0.25) is 10.0 Å². The molecule has 122 valence electrons. The van der Waals surface area contributed by atoms with Gasteiger partial charge in [-0.1, -0.05) is 35.0 Å². The predicted molar refractivity (Wildman–Crippen MR) is 94.3 cm³/mol. The summed E-state index contributed by atoms with van der Waals surface area (Å²) >= 11 is 13.2. The molecule has 2 aliphatic heterocycles. The van der Waals surface area contributed by atoms with E-state index >= 15 is 0 Å². The Morgan fingerprint density at radius 2 is 1.91 bits per heavy atom. The largest absolute Gasteiger partial charge is 0.351 e. The zero-order chi connectivity index (χ0) is 16.4. The maximum Gasteiger partial charge on any atom is 0.262 e. The first-order chi connectivity index (χ1) is 11.0. The number of halogens is 2. The van der Waals surface area contributed by atoms with E-state index in [-0.39, 0.29) is 18.2 Å². The van der Waals surface area contributed by atoms with Crippen molar-refractivity contribution in [2.45, 2.75) is 24.5 Å². The molecule has 1 N–H and O–H groups in total. The molecule has 1 fully saturated rings. The first-order valence-electron chi connectivity index (χ1n) is 7.31. The number of hydrogen-bond donors (Lipinski definition) is 1. The van der Waals surface area contributed by atoms with Gasteiger partial charge in [-0.2, -0.15) is 4.99 Å². The highest BCUT2D eigenvalue weighted by molar-refractivity contribution is 8.15. The summed E-state index contributed by atoms with van der Waals surface area (Å²) in [4.78, 5) is 30.3. The Morgan fingerprint density at radius 1 is 1.26 bits per heavy atom. The second-order valence-corrected chi connectivity index (χ2v) is 7.49. The molecule has 8 heteroatoms. The maximum atomic E-state index is 12.1. The number of anilines is 1. The van der Waals surface area contributed by atoms with Gasteiger partial charge in [0.05, 0.1) is 0 Å². The molecule has 3 rings (SSSR count). The Bertz CT molecular complexity index is 654. The fourth-order valence-electron chi connectivity index (χ4n) is 2.56. The van der Waals surface area contributed by atoms with Crippen LogP contribution in [0.1, 0.15) is 19.3 Å². The highest BCUT2D eigenvalue weighted by atomic mass is 35.5. The number of thioether (sulfide) groups is 1. The molecule has 5 nitrogen and oxygen atoms in total. The van der Waals surface area contributed by atoms with Crippen LogP contribution in [0.5, 0.6) is 0 Å². The Balaban J connectivity index is 1.57. The molecule has 0 bridgehead atoms. The summed E-state index contributed by atoms with van der Waals surface area (Å²) in [7, 11) is 0. The Morgan fingerprint density at radius 3 is 2.57 bits per heavy atom. The molecular formula is C15H15Cl2N3O2S. The van der Waals surface area contributed by atoms with Gasteiger partial charge in [-0.05, 0) is 31.0 Å². The Kier molecular flexibility index (Phi) is 5.14. The van der Waals surface area contributed by atoms with Crippen LogP contribution < -0.4 is 5.32 Å². The lowest BCUT2D eigenvalue weighted by Gasteiger charge is -2.16. The summed E-state index contributed by atoms with van der Waals surface area (Å²) in [5.74, 6) is -0.497. The predicted octanol–water partition coefficient (Wildman–Crippen LogP) is 3.42. The van der Waals surface area contributed by atoms with Crippen molar-refractivity contribution in [1.82, 2.24) is 4.90 Å². The second-order valence-electron chi connectivity index (χ2n) is 5.44. The lowest BCUT2D eigenvalue weighted by Crippen LogP contribution is -2.25. The fraction of sp³-hybridized carbons (Fsp3) is 0.400. The summed E-state index contributed by atoms with van der Waals surface area (Å²) in [6, 6.07) is 4.81. The van der Waals surface area contributed by atoms with Crippen LogP contribution in [-0.4, -0.2) is 40.2 Å². The molecule has 2 heterocycles. The van der Waals surface area contributed by atoms with Crippen LogP contribution in [0.15, 0.2) is 23.2 Å². The first-order valence-corrected chi connectivity index (χ1v) is 8.95. The minimum atomic E-state index is -0.458. The molecule has 2 aliphatic rings. The van der Waals surface area contributed by atoms with Crippen molar-refractivity contribution in [2.24, 2.45) is 4.99 Å². The quantitative estimate of drug-likeness (QED) is 0.883. The number of nitrogens with zero attached hydrogens (tertiary/aromatic N) is 2. The lowest BCUT2D eigenvalue weighted by atomic mass is 10.2. The lowest BCUT2D eigenvalue weighted by molar-refractivity contribution is -0.121. The molecule has 1 unspecified atom stereocenters. The number of amidine groups is 1. The summed E-state index contributed by atoms with van der Waals surface area (Å²) < 4.78 is 0. The molecule has 0 radical (unpaired) electrons. The van der Waals surface area contributed by atoms with Gasteiger partial charge in [-0.25, -0.2) is 0 Å². The van der Waals surface area contributed by atoms with Crippen LogP contribution >= 0.6 is 35.0 Å². The van der Waals surface area contributed by atoms with Gasteiger partial charge in [0.15, 0.2) is 5.17 Å². The van der Waals surface area contributed by atoms with E-state index in [2.05, 4.69) is 15.2 Å². The van der Waals surface area contributed by atoms with Crippen molar-refractivity contribution >= 4 is 57.6 Å². The van der Waals surface area contributed by atoms with Crippen LogP contribution in [0.25, 0.3) is 0 Å². The summed E-state index contributed by atoms with van der Waals surface area (Å²) in [6.07, 6.45) is 2.32. The number of likely N-dealkylation sites (tertiary alicyclic amines) is 1. The smallest absolute Gasteiger partial charge is 0.262 e. The molecule has 0 saturated carbocycles. The van der Waals surface area contributed by atoms with Crippen molar-refractivity contribution in [3.63, 3.8) is 0 Å². The third-order valence-electron chi connectivity index (χ3n) is 3.62. The number of carbonyl (C=O) groups excluding carboxylic acids is 2. The molecule has 0 spiro atoms. The zero-order valence-electron chi connectivity index (χ0n) is 12.2. The standard InChI is InChI=1S/C15H15Cl2N3O2S/c16-9-5-10(17)7-11(6-9)18-13(21)8-12-14(22)19-15(23-12)20-3-1-2-4-20/h5-7,12H,1-4,8H2,(H,18,21). The van der Waals surface area contributed by atoms with Gasteiger partial charge in [-0.15, -0.1) is 0 Å². The van der Waals surface area contributed by atoms with Gasteiger partial charge in [0.1, 0.15) is 5.25 Å². The van der Waals surface area contributed by atoms with Crippen LogP contribution in [0.4, 0.5) is 5.69 Å². The minimum absolute atomic E-state index is 0.0778. The van der Waals surface area contributed by atoms with Gasteiger partial charge in [0.25, 0.3) is 5.91 Å². The number of amides is 2. The van der Waals surface area contributed by atoms with E-state index in [0.29, 0.717) is 15.7 Å². The molecule has 1 atom stereocenters. The van der Waals surface area contributed by atoms with E-state index < -0.39 is 5.25 Å². The molecule has 1 saturated heterocycles. The summed E-state index contributed by atoms with van der Waals surface area (Å²) in [5, 5.41) is 3.89. The van der Waals surface area contributed by atoms with Crippen LogP contribution in [-0.2, 0) is 9.59 Å². The van der Waals surface area contributed by atoms with Crippen molar-refractivity contribution < 1.29 is 9.59 Å². The van der Waals surface area contributed by atoms with Crippen molar-refractivity contribution in [2.75, 3.05) is 18.4 Å². The van der Waals surface area contributed by atoms with Gasteiger partial charge < -0.3 is 10.2 Å². The molecule has 1 aromatic carbocycles. The normalized spacial score (nSPS) is 20.8. The highest BCUT2D eigenvalue weighted by Crippen LogP contribution is 2.29. The van der Waals surface area contributed by atoms with E-state index in [1.807, 2.05) is 0 Å². The van der Waals surface area contributed by atoms with Crippen molar-refractivity contribution in [3.05, 3.63) is 28.2 Å². The third-order valence-corrected chi connectivity index (χ3v) is 5.27. The van der Waals surface area contributed by atoms with E-state index in [1.54, 1.807) is 18.2 Å². The topological polar surface area (TPSA) is 61.8 Å². The van der Waals surface area contributed by atoms with Gasteiger partial charge >= 0.3 is 0 Å². The average molecular weight is 372 g/mol. The number of aliphatic imine (C=N–C) groups is 1. The Labute approximate surface area is 148 Å². The van der Waals surface area contributed by atoms with Crippen molar-refractivity contribution in [3.8, 4) is 0 Å². The molecule has 0 aromatic heterocycles. The zero-order valence-corrected chi connectivity index (χ0v) is 14.5. The number of nitrogens with one attached hydrogen (secondary N) is 1. The minimum Gasteiger partial charge on any atom is -0.351 e. The highest BCUT2D eigenvalue weighted by Gasteiger charge is 2.33. The van der Waals surface area contributed by atoms with Gasteiger partial charge in [0.2, 0.25) is 5.91 Å². The monoisotopic (exact) mass is 371 g/mol. The molecule has 23 heavy (non-hydrogen) atoms. The number of hydrogen-bond acceptors (Lipinski definition) is 4. The maximum absolute atomic E-state index is 12.1. The van der Waals surface area contributed by atoms with Gasteiger partial charge in [0, 0.05) is 35.2 Å². The number of rotatable bonds is 3. The van der Waals surface area contributed by atoms with Crippen molar-refractivity contribution in [1.29, 1.82) is 0 Å². The van der Waals surface area contributed by atoms with E-state index in [1.165, 1.54) is 11.8 Å². The fourth-order valence-corrected chi connectivity index (χ4v) is 4.20. The first kappa shape index (κ1) is 16.6. The molecule has 0 aliphatic carbocycles. The summed E-state index contributed by atoms with van der Waals surface area (Å²) in [5.41, 5.74) is 0.517. The number of carbonyl (C=O) groups is 2. The summed E-state index contributed by atoms with van der Waals surface area (Å²) in [6.45, 7) is 1.86. The number of benzene rings is 1. The molecular weight excluding hydrogens is 357 g/mol. The SMILES string of the molecule is O=C(CC1SC(N2CCCC2)=NC1=O)Nc1cc(Cl)cc(Cl)c1. The average Bonchev–Trinajstić information content (AvgIpc) is 3.08. The van der Waals surface area contributed by atoms with E-state index in [4.69, 9.17) is 23.2 Å².